The van der Waals surface area contributed by atoms with E-state index in [4.69, 9.17) is 4.42 Å². The molecule has 2 heterocycles. The van der Waals surface area contributed by atoms with Crippen molar-refractivity contribution >= 4 is 5.97 Å². The summed E-state index contributed by atoms with van der Waals surface area (Å²) in [6.07, 6.45) is 5.50. The van der Waals surface area contributed by atoms with Gasteiger partial charge in [0.15, 0.2) is 0 Å². The maximum Gasteiger partial charge on any atom is 0.364 e. The average Bonchev–Trinajstić information content (AvgIpc) is 3.21. The topological polar surface area (TPSA) is 92.2 Å². The molecule has 2 aromatic rings. The summed E-state index contributed by atoms with van der Waals surface area (Å²) in [7, 11) is 1.29. The van der Waals surface area contributed by atoms with Crippen molar-refractivity contribution in [1.82, 2.24) is 19.8 Å². The molecule has 0 atom stereocenters. The van der Waals surface area contributed by atoms with Gasteiger partial charge in [-0.05, 0) is 29.3 Å². The number of furan rings is 1. The van der Waals surface area contributed by atoms with E-state index in [1.807, 2.05) is 0 Å². The highest BCUT2D eigenvalue weighted by atomic mass is 16.5. The average molecular weight is 292 g/mol. The van der Waals surface area contributed by atoms with E-state index in [1.165, 1.54) is 28.8 Å². The fourth-order valence-corrected chi connectivity index (χ4v) is 2.65. The Kier molecular flexibility index (Phi) is 3.59. The van der Waals surface area contributed by atoms with Gasteiger partial charge in [-0.15, -0.1) is 0 Å². The zero-order valence-corrected chi connectivity index (χ0v) is 11.7. The predicted molar refractivity (Wildman–Crippen MR) is 70.9 cm³/mol. The van der Waals surface area contributed by atoms with Gasteiger partial charge in [-0.25, -0.2) is 9.59 Å². The van der Waals surface area contributed by atoms with Crippen LogP contribution in [-0.4, -0.2) is 32.9 Å². The Bertz CT molecular complexity index is 693. The third-order valence-electron chi connectivity index (χ3n) is 3.78. The Labute approximate surface area is 120 Å². The van der Waals surface area contributed by atoms with Gasteiger partial charge < -0.3 is 9.15 Å². The monoisotopic (exact) mass is 292 g/mol. The number of methoxy groups -OCH3 is 1. The fourth-order valence-electron chi connectivity index (χ4n) is 2.65. The van der Waals surface area contributed by atoms with Crippen LogP contribution in [0.4, 0.5) is 0 Å². The van der Waals surface area contributed by atoms with Crippen LogP contribution in [-0.2, 0) is 11.3 Å². The van der Waals surface area contributed by atoms with E-state index in [9.17, 15) is 9.59 Å². The molecule has 0 bridgehead atoms. The molecule has 112 valence electrons. The predicted octanol–water partition coefficient (Wildman–Crippen LogP) is 0.983. The molecule has 1 fully saturated rings. The summed E-state index contributed by atoms with van der Waals surface area (Å²) in [6.45, 7) is 0.0585. The van der Waals surface area contributed by atoms with Gasteiger partial charge in [0.1, 0.15) is 17.9 Å². The first-order valence-corrected chi connectivity index (χ1v) is 6.87. The first kappa shape index (κ1) is 13.6. The molecule has 0 spiro atoms. The third kappa shape index (κ3) is 2.48. The Morgan fingerprint density at radius 1 is 1.43 bits per heavy atom. The van der Waals surface area contributed by atoms with Crippen LogP contribution in [0.1, 0.15) is 47.8 Å². The van der Waals surface area contributed by atoms with Crippen LogP contribution in [0.2, 0.25) is 0 Å². The van der Waals surface area contributed by atoms with Gasteiger partial charge in [-0.3, -0.25) is 0 Å². The summed E-state index contributed by atoms with van der Waals surface area (Å²) in [5.41, 5.74) is 0.00827. The number of esters is 1. The van der Waals surface area contributed by atoms with Gasteiger partial charge in [0, 0.05) is 0 Å². The Morgan fingerprint density at radius 3 is 2.90 bits per heavy atom. The summed E-state index contributed by atoms with van der Waals surface area (Å²) in [5.74, 6) is -0.169. The summed E-state index contributed by atoms with van der Waals surface area (Å²) >= 11 is 0. The number of carbonyl (C=O) groups is 1. The van der Waals surface area contributed by atoms with E-state index < -0.39 is 5.97 Å². The minimum Gasteiger partial charge on any atom is -0.466 e. The number of aromatic nitrogens is 4. The zero-order chi connectivity index (χ0) is 14.8. The molecule has 0 aliphatic heterocycles. The first-order valence-electron chi connectivity index (χ1n) is 6.87. The number of hydrogen-bond donors (Lipinski definition) is 0. The second-order valence-electron chi connectivity index (χ2n) is 5.05. The number of nitrogens with zero attached hydrogens (tertiary/aromatic N) is 4. The molecule has 0 unspecified atom stereocenters. The molecule has 1 aliphatic rings. The van der Waals surface area contributed by atoms with E-state index in [-0.39, 0.29) is 18.3 Å². The molecule has 0 aromatic carbocycles. The first-order chi connectivity index (χ1) is 10.2. The lowest BCUT2D eigenvalue weighted by Crippen LogP contribution is -2.28. The van der Waals surface area contributed by atoms with Crippen molar-refractivity contribution in [3.05, 3.63) is 34.1 Å². The molecule has 1 aliphatic carbocycles. The zero-order valence-electron chi connectivity index (χ0n) is 11.7. The van der Waals surface area contributed by atoms with E-state index in [0.717, 1.165) is 25.7 Å². The van der Waals surface area contributed by atoms with E-state index in [1.54, 1.807) is 0 Å². The number of ether oxygens (including phenoxy) is 1. The van der Waals surface area contributed by atoms with Crippen LogP contribution in [0.5, 0.6) is 0 Å². The lowest BCUT2D eigenvalue weighted by atomic mass is 10.2. The molecule has 3 rings (SSSR count). The van der Waals surface area contributed by atoms with E-state index in [2.05, 4.69) is 15.2 Å². The summed E-state index contributed by atoms with van der Waals surface area (Å²) in [6, 6.07) is 1.64. The molecule has 8 nitrogen and oxygen atoms in total. The number of carbonyl (C=O) groups excluding carboxylic acids is 1. The number of rotatable bonds is 4. The smallest absolute Gasteiger partial charge is 0.364 e. The van der Waals surface area contributed by atoms with Gasteiger partial charge in [-0.2, -0.15) is 9.36 Å². The molecular formula is C13H16N4O4. The van der Waals surface area contributed by atoms with Crippen LogP contribution >= 0.6 is 0 Å². The van der Waals surface area contributed by atoms with Crippen LogP contribution in [0.15, 0.2) is 21.5 Å². The van der Waals surface area contributed by atoms with Crippen LogP contribution in [0.25, 0.3) is 0 Å². The summed E-state index contributed by atoms with van der Waals surface area (Å²) < 4.78 is 12.5. The lowest BCUT2D eigenvalue weighted by Gasteiger charge is -2.05. The second-order valence-corrected chi connectivity index (χ2v) is 5.05. The van der Waals surface area contributed by atoms with Gasteiger partial charge >= 0.3 is 11.7 Å². The highest BCUT2D eigenvalue weighted by Gasteiger charge is 2.23. The SMILES string of the molecule is COC(=O)c1ccoc1Cn1nnn(C2CCCC2)c1=O. The molecule has 8 heteroatoms. The van der Waals surface area contributed by atoms with Gasteiger partial charge in [0.2, 0.25) is 0 Å². The van der Waals surface area contributed by atoms with E-state index in [0.29, 0.717) is 11.3 Å². The van der Waals surface area contributed by atoms with Crippen molar-refractivity contribution in [2.24, 2.45) is 0 Å². The minimum absolute atomic E-state index is 0.0585. The maximum atomic E-state index is 12.3. The third-order valence-corrected chi connectivity index (χ3v) is 3.78. The fraction of sp³-hybridized carbons (Fsp3) is 0.538. The second kappa shape index (κ2) is 5.55. The van der Waals surface area contributed by atoms with Gasteiger partial charge in [-0.1, -0.05) is 12.8 Å². The van der Waals surface area contributed by atoms with E-state index >= 15 is 0 Å². The molecule has 0 radical (unpaired) electrons. The van der Waals surface area contributed by atoms with Crippen molar-refractivity contribution in [1.29, 1.82) is 0 Å². The van der Waals surface area contributed by atoms with Crippen LogP contribution < -0.4 is 5.69 Å². The molecule has 0 amide bonds. The van der Waals surface area contributed by atoms with Crippen LogP contribution in [0, 0.1) is 0 Å². The standard InChI is InChI=1S/C13H16N4O4/c1-20-12(18)10-6-7-21-11(10)8-16-13(19)17(15-14-16)9-4-2-3-5-9/h6-7,9H,2-5,8H2,1H3. The van der Waals surface area contributed by atoms with Crippen molar-refractivity contribution in [3.63, 3.8) is 0 Å². The van der Waals surface area contributed by atoms with Crippen molar-refractivity contribution in [2.45, 2.75) is 38.3 Å². The van der Waals surface area contributed by atoms with Crippen LogP contribution in [0.3, 0.4) is 0 Å². The summed E-state index contributed by atoms with van der Waals surface area (Å²) in [5, 5.41) is 7.80. The normalized spacial score (nSPS) is 15.5. The minimum atomic E-state index is -0.505. The molecule has 21 heavy (non-hydrogen) atoms. The number of tetrazole rings is 1. The number of hydrogen-bond acceptors (Lipinski definition) is 6. The largest absolute Gasteiger partial charge is 0.466 e. The van der Waals surface area contributed by atoms with Crippen molar-refractivity contribution in [3.8, 4) is 0 Å². The lowest BCUT2D eigenvalue weighted by molar-refractivity contribution is 0.0598. The molecule has 1 saturated carbocycles. The highest BCUT2D eigenvalue weighted by molar-refractivity contribution is 5.90. The molecule has 2 aromatic heterocycles. The molecule has 0 N–H and O–H groups in total. The quantitative estimate of drug-likeness (QED) is 0.780. The van der Waals surface area contributed by atoms with Gasteiger partial charge in [0.25, 0.3) is 0 Å². The molecule has 0 saturated heterocycles. The Balaban J connectivity index is 1.84. The Hall–Kier alpha value is -2.38. The highest BCUT2D eigenvalue weighted by Crippen LogP contribution is 2.27. The Morgan fingerprint density at radius 2 is 2.19 bits per heavy atom. The van der Waals surface area contributed by atoms with Crippen molar-refractivity contribution in [2.75, 3.05) is 7.11 Å². The molecular weight excluding hydrogens is 276 g/mol. The van der Waals surface area contributed by atoms with Gasteiger partial charge in [0.05, 0.1) is 19.4 Å². The maximum absolute atomic E-state index is 12.3. The van der Waals surface area contributed by atoms with Crippen molar-refractivity contribution < 1.29 is 13.9 Å². The summed E-state index contributed by atoms with van der Waals surface area (Å²) in [4.78, 5) is 23.8.